The number of aromatic amines is 1. The van der Waals surface area contributed by atoms with Crippen LogP contribution >= 0.6 is 0 Å². The maximum Gasteiger partial charge on any atom is 0.120 e. The summed E-state index contributed by atoms with van der Waals surface area (Å²) in [5.41, 5.74) is 0.406. The third kappa shape index (κ3) is 2.19. The Hall–Kier alpha value is -1.48. The van der Waals surface area contributed by atoms with Gasteiger partial charge in [0, 0.05) is 35.1 Å². The maximum atomic E-state index is 8.21. The highest BCUT2D eigenvalue weighted by Gasteiger charge is 2.04. The fourth-order valence-corrected chi connectivity index (χ4v) is 1.38. The molecule has 0 spiro atoms. The number of hydrogen-bond acceptors (Lipinski definition) is 2. The standard InChI is InChI=1S/C13H18N2O/c1-15(2)7-6-10-9-14-13-8-11(16-3)4-5-12(10)13/h4-5,8-9,14H,6-7H2,1-3H3/i3D3,4D,6D2,7D2. The van der Waals surface area contributed by atoms with Gasteiger partial charge in [-0.2, -0.15) is 0 Å². The zero-order chi connectivity index (χ0) is 18.5. The van der Waals surface area contributed by atoms with E-state index in [-0.39, 0.29) is 17.4 Å². The molecule has 3 heteroatoms. The Morgan fingerprint density at radius 1 is 1.62 bits per heavy atom. The summed E-state index contributed by atoms with van der Waals surface area (Å²) in [6.45, 7) is -2.29. The highest BCUT2D eigenvalue weighted by Crippen LogP contribution is 2.23. The molecule has 0 unspecified atom stereocenters. The monoisotopic (exact) mass is 226 g/mol. The van der Waals surface area contributed by atoms with Gasteiger partial charge < -0.3 is 14.6 Å². The molecule has 86 valence electrons. The molecule has 0 atom stereocenters. The molecule has 2 aromatic rings. The summed E-state index contributed by atoms with van der Waals surface area (Å²) >= 11 is 0. The summed E-state index contributed by atoms with van der Waals surface area (Å²) in [6.07, 6.45) is -1.04. The van der Waals surface area contributed by atoms with Crippen LogP contribution in [0.4, 0.5) is 0 Å². The second-order valence-corrected chi connectivity index (χ2v) is 3.56. The lowest BCUT2D eigenvalue weighted by Gasteiger charge is -2.08. The first-order valence-corrected chi connectivity index (χ1v) is 4.76. The number of aromatic nitrogens is 1. The first kappa shape index (κ1) is 4.80. The van der Waals surface area contributed by atoms with E-state index in [0.29, 0.717) is 10.9 Å². The third-order valence-electron chi connectivity index (χ3n) is 2.11. The minimum atomic E-state index is -2.70. The predicted octanol–water partition coefficient (Wildman–Crippen LogP) is 2.28. The zero-order valence-corrected chi connectivity index (χ0v) is 9.09. The van der Waals surface area contributed by atoms with Gasteiger partial charge in [0.1, 0.15) is 5.75 Å². The van der Waals surface area contributed by atoms with Crippen molar-refractivity contribution in [3.63, 3.8) is 0 Å². The summed E-state index contributed by atoms with van der Waals surface area (Å²) in [5.74, 6) is -0.160. The van der Waals surface area contributed by atoms with Crippen LogP contribution in [0.3, 0.4) is 0 Å². The molecule has 0 bridgehead atoms. The molecule has 0 aliphatic rings. The summed E-state index contributed by atoms with van der Waals surface area (Å²) in [5, 5.41) is 0.300. The number of aryl methyl sites for hydroxylation is 1. The molecule has 3 nitrogen and oxygen atoms in total. The number of nitrogens with zero attached hydrogens (tertiary/aromatic N) is 1. The lowest BCUT2D eigenvalue weighted by atomic mass is 10.1. The lowest BCUT2D eigenvalue weighted by Crippen LogP contribution is -2.14. The van der Waals surface area contributed by atoms with Crippen molar-refractivity contribution < 1.29 is 15.7 Å². The molecule has 0 saturated carbocycles. The van der Waals surface area contributed by atoms with E-state index in [1.54, 1.807) is 0 Å². The molecule has 0 fully saturated rings. The molecular weight excluding hydrogens is 200 g/mol. The smallest absolute Gasteiger partial charge is 0.120 e. The van der Waals surface area contributed by atoms with Crippen molar-refractivity contribution in [2.24, 2.45) is 0 Å². The third-order valence-corrected chi connectivity index (χ3v) is 2.11. The van der Waals surface area contributed by atoms with E-state index in [4.69, 9.17) is 15.7 Å². The Kier molecular flexibility index (Phi) is 1.37. The molecule has 1 heterocycles. The molecule has 2 rings (SSSR count). The predicted molar refractivity (Wildman–Crippen MR) is 67.1 cm³/mol. The molecule has 1 aromatic heterocycles. The van der Waals surface area contributed by atoms with Crippen molar-refractivity contribution in [1.82, 2.24) is 9.88 Å². The fraction of sp³-hybridized carbons (Fsp3) is 0.385. The minimum absolute atomic E-state index is 0.0464. The van der Waals surface area contributed by atoms with E-state index < -0.39 is 19.9 Å². The van der Waals surface area contributed by atoms with Gasteiger partial charge in [-0.15, -0.1) is 0 Å². The van der Waals surface area contributed by atoms with Crippen molar-refractivity contribution in [1.29, 1.82) is 0 Å². The highest BCUT2D eigenvalue weighted by molar-refractivity contribution is 5.84. The van der Waals surface area contributed by atoms with Crippen molar-refractivity contribution in [2.75, 3.05) is 27.6 Å². The van der Waals surface area contributed by atoms with Crippen LogP contribution in [0.2, 0.25) is 0 Å². The zero-order valence-electron chi connectivity index (χ0n) is 17.1. The summed E-state index contributed by atoms with van der Waals surface area (Å²) in [7, 11) is 0.172. The topological polar surface area (TPSA) is 28.3 Å². The maximum absolute atomic E-state index is 8.21. The number of rotatable bonds is 4. The van der Waals surface area contributed by atoms with Gasteiger partial charge in [0.05, 0.1) is 12.5 Å². The number of methoxy groups -OCH3 is 1. The van der Waals surface area contributed by atoms with Gasteiger partial charge in [0.25, 0.3) is 0 Å². The summed E-state index contributed by atoms with van der Waals surface area (Å²) in [6, 6.07) is 2.35. The van der Waals surface area contributed by atoms with Gasteiger partial charge >= 0.3 is 0 Å². The van der Waals surface area contributed by atoms with E-state index in [0.717, 1.165) is 4.90 Å². The van der Waals surface area contributed by atoms with E-state index in [2.05, 4.69) is 4.98 Å². The quantitative estimate of drug-likeness (QED) is 0.866. The molecule has 0 aliphatic heterocycles. The van der Waals surface area contributed by atoms with Gasteiger partial charge in [-0.3, -0.25) is 0 Å². The van der Waals surface area contributed by atoms with Crippen LogP contribution in [0, 0.1) is 0 Å². The Bertz CT molecular complexity index is 750. The number of fused-ring (bicyclic) bond motifs is 1. The van der Waals surface area contributed by atoms with Gasteiger partial charge in [0.2, 0.25) is 0 Å². The average Bonchev–Trinajstić information content (AvgIpc) is 2.80. The van der Waals surface area contributed by atoms with Gasteiger partial charge in [-0.05, 0) is 38.1 Å². The second kappa shape index (κ2) is 4.58. The molecular formula is C13H18N2O. The van der Waals surface area contributed by atoms with Crippen LogP contribution in [0.5, 0.6) is 5.75 Å². The van der Waals surface area contributed by atoms with Gasteiger partial charge in [-0.25, -0.2) is 0 Å². The SMILES string of the molecule is [2H]c1cc2c(C([2H])([2H])C([2H])([2H])N(C)C)c[nH]c2cc1OC([2H])([2H])[2H]. The van der Waals surface area contributed by atoms with Crippen LogP contribution in [-0.4, -0.2) is 37.5 Å². The van der Waals surface area contributed by atoms with E-state index in [1.807, 2.05) is 0 Å². The summed E-state index contributed by atoms with van der Waals surface area (Å²) in [4.78, 5) is 3.92. The van der Waals surface area contributed by atoms with Crippen LogP contribution in [-0.2, 0) is 6.37 Å². The van der Waals surface area contributed by atoms with E-state index >= 15 is 0 Å². The van der Waals surface area contributed by atoms with E-state index in [9.17, 15) is 0 Å². The molecule has 0 radical (unpaired) electrons. The molecule has 0 saturated heterocycles. The first-order chi connectivity index (χ1) is 10.8. The van der Waals surface area contributed by atoms with Crippen molar-refractivity contribution in [3.8, 4) is 5.75 Å². The average molecular weight is 226 g/mol. The van der Waals surface area contributed by atoms with Crippen LogP contribution in [0.1, 0.15) is 16.5 Å². The molecule has 16 heavy (non-hydrogen) atoms. The number of H-pyrrole nitrogens is 1. The highest BCUT2D eigenvalue weighted by atomic mass is 16.5. The Morgan fingerprint density at radius 3 is 3.25 bits per heavy atom. The molecule has 1 aromatic carbocycles. The van der Waals surface area contributed by atoms with Gasteiger partial charge in [0.15, 0.2) is 0 Å². The van der Waals surface area contributed by atoms with Crippen LogP contribution in [0.15, 0.2) is 24.4 Å². The number of benzene rings is 1. The normalized spacial score (nSPS) is 21.2. The first-order valence-electron chi connectivity index (χ1n) is 8.76. The number of nitrogens with one attached hydrogen (secondary N) is 1. The minimum Gasteiger partial charge on any atom is -0.497 e. The number of likely N-dealkylation sites (N-methyl/N-ethyl adjacent to an activating group) is 1. The molecule has 1 N–H and O–H groups in total. The Labute approximate surface area is 107 Å². The summed E-state index contributed by atoms with van der Waals surface area (Å²) < 4.78 is 66.4. The Morgan fingerprint density at radius 2 is 2.50 bits per heavy atom. The largest absolute Gasteiger partial charge is 0.497 e. The molecule has 0 aliphatic carbocycles. The molecule has 0 amide bonds. The second-order valence-electron chi connectivity index (χ2n) is 3.56. The van der Waals surface area contributed by atoms with Crippen LogP contribution in [0.25, 0.3) is 10.9 Å². The van der Waals surface area contributed by atoms with E-state index in [1.165, 1.54) is 32.4 Å². The lowest BCUT2D eigenvalue weighted by molar-refractivity contribution is 0.414. The van der Waals surface area contributed by atoms with Crippen molar-refractivity contribution in [3.05, 3.63) is 29.9 Å². The van der Waals surface area contributed by atoms with Gasteiger partial charge in [-0.1, -0.05) is 0 Å². The van der Waals surface area contributed by atoms with Crippen LogP contribution < -0.4 is 4.74 Å². The Balaban J connectivity index is 2.58. The van der Waals surface area contributed by atoms with Crippen molar-refractivity contribution >= 4 is 10.9 Å². The van der Waals surface area contributed by atoms with Crippen molar-refractivity contribution in [2.45, 2.75) is 6.37 Å². The number of hydrogen-bond donors (Lipinski definition) is 1. The fourth-order valence-electron chi connectivity index (χ4n) is 1.38. The number of ether oxygens (including phenoxy) is 1.